The molecule has 0 aliphatic heterocycles. The lowest BCUT2D eigenvalue weighted by Gasteiger charge is -2.10. The molecule has 0 aliphatic carbocycles. The van der Waals surface area contributed by atoms with Gasteiger partial charge in [-0.1, -0.05) is 35.5 Å². The zero-order chi connectivity index (χ0) is 20.9. The highest BCUT2D eigenvalue weighted by Gasteiger charge is 2.20. The number of para-hydroxylation sites is 1. The molecule has 30 heavy (non-hydrogen) atoms. The molecule has 1 N–H and O–H groups in total. The second-order valence-electron chi connectivity index (χ2n) is 5.85. The van der Waals surface area contributed by atoms with Crippen LogP contribution in [-0.4, -0.2) is 32.3 Å². The summed E-state index contributed by atoms with van der Waals surface area (Å²) in [6.45, 7) is 2.17. The summed E-state index contributed by atoms with van der Waals surface area (Å²) in [7, 11) is 0. The number of hydroxylamine groups is 1. The van der Waals surface area contributed by atoms with E-state index in [4.69, 9.17) is 20.9 Å². The van der Waals surface area contributed by atoms with E-state index in [1.54, 1.807) is 30.7 Å². The number of carbonyl (C=O) groups excluding carboxylic acids is 1. The average Bonchev–Trinajstić information content (AvgIpc) is 3.51. The van der Waals surface area contributed by atoms with Gasteiger partial charge in [-0.15, -0.1) is 21.5 Å². The zero-order valence-corrected chi connectivity index (χ0v) is 18.1. The monoisotopic (exact) mass is 461 g/mol. The Kier molecular flexibility index (Phi) is 6.48. The highest BCUT2D eigenvalue weighted by Crippen LogP contribution is 2.33. The second kappa shape index (κ2) is 9.43. The van der Waals surface area contributed by atoms with Crippen molar-refractivity contribution in [1.82, 2.24) is 25.2 Å². The Morgan fingerprint density at radius 1 is 1.30 bits per heavy atom. The minimum absolute atomic E-state index is 0.313. The molecule has 4 rings (SSSR count). The number of nitrogens with one attached hydrogen (secondary N) is 1. The van der Waals surface area contributed by atoms with Crippen molar-refractivity contribution in [2.45, 2.75) is 17.8 Å². The van der Waals surface area contributed by atoms with Gasteiger partial charge in [0.05, 0.1) is 29.3 Å². The van der Waals surface area contributed by atoms with Gasteiger partial charge in [0, 0.05) is 5.38 Å². The molecule has 0 spiro atoms. The first kappa shape index (κ1) is 20.6. The molecule has 1 amide bonds. The Balaban J connectivity index is 1.59. The van der Waals surface area contributed by atoms with Crippen LogP contribution in [0.2, 0.25) is 5.02 Å². The number of aromatic nitrogens is 4. The number of hydrogen-bond acceptors (Lipinski definition) is 8. The van der Waals surface area contributed by atoms with E-state index in [1.165, 1.54) is 23.1 Å². The summed E-state index contributed by atoms with van der Waals surface area (Å²) >= 11 is 9.26. The Hall–Kier alpha value is -2.66. The van der Waals surface area contributed by atoms with Crippen LogP contribution in [0, 0.1) is 0 Å². The van der Waals surface area contributed by atoms with Gasteiger partial charge in [0.2, 0.25) is 5.82 Å². The van der Waals surface area contributed by atoms with E-state index in [0.29, 0.717) is 39.8 Å². The van der Waals surface area contributed by atoms with Crippen molar-refractivity contribution in [3.8, 4) is 17.3 Å². The highest BCUT2D eigenvalue weighted by molar-refractivity contribution is 7.98. The largest absolute Gasteiger partial charge is 0.461 e. The van der Waals surface area contributed by atoms with E-state index < -0.39 is 0 Å². The van der Waals surface area contributed by atoms with Gasteiger partial charge in [0.25, 0.3) is 5.91 Å². The van der Waals surface area contributed by atoms with E-state index in [9.17, 15) is 4.79 Å². The molecule has 154 valence electrons. The normalized spacial score (nSPS) is 11.0. The quantitative estimate of drug-likeness (QED) is 0.302. The van der Waals surface area contributed by atoms with Crippen LogP contribution < -0.4 is 5.48 Å². The van der Waals surface area contributed by atoms with Crippen molar-refractivity contribution in [3.63, 3.8) is 0 Å². The summed E-state index contributed by atoms with van der Waals surface area (Å²) in [5.74, 6) is 1.27. The molecule has 0 saturated carbocycles. The Morgan fingerprint density at radius 2 is 2.17 bits per heavy atom. The van der Waals surface area contributed by atoms with Gasteiger partial charge in [-0.3, -0.25) is 14.2 Å². The van der Waals surface area contributed by atoms with Crippen LogP contribution in [-0.2, 0) is 10.6 Å². The Morgan fingerprint density at radius 3 is 2.93 bits per heavy atom. The fraction of sp³-hybridized carbons (Fsp3) is 0.158. The number of thiazole rings is 1. The third-order valence-corrected chi connectivity index (χ3v) is 6.18. The third-order valence-electron chi connectivity index (χ3n) is 3.89. The van der Waals surface area contributed by atoms with Gasteiger partial charge in [-0.25, -0.2) is 10.5 Å². The maximum absolute atomic E-state index is 12.0. The second-order valence-corrected chi connectivity index (χ2v) is 8.14. The van der Waals surface area contributed by atoms with Gasteiger partial charge in [0.1, 0.15) is 10.7 Å². The number of carbonyl (C=O) groups is 1. The number of furan rings is 1. The topological polar surface area (TPSA) is 95.1 Å². The van der Waals surface area contributed by atoms with E-state index in [-0.39, 0.29) is 5.91 Å². The molecule has 0 aliphatic rings. The van der Waals surface area contributed by atoms with E-state index in [0.717, 1.165) is 10.7 Å². The number of amides is 1. The summed E-state index contributed by atoms with van der Waals surface area (Å²) in [6.07, 6.45) is 1.58. The van der Waals surface area contributed by atoms with Crippen molar-refractivity contribution >= 4 is 40.6 Å². The molecule has 0 unspecified atom stereocenters. The predicted molar refractivity (Wildman–Crippen MR) is 115 cm³/mol. The highest BCUT2D eigenvalue weighted by atomic mass is 35.5. The number of rotatable bonds is 8. The Labute approximate surface area is 185 Å². The molecule has 11 heteroatoms. The first-order chi connectivity index (χ1) is 14.7. The summed E-state index contributed by atoms with van der Waals surface area (Å²) in [6, 6.07) is 11.1. The predicted octanol–water partition coefficient (Wildman–Crippen LogP) is 4.61. The molecule has 0 fully saturated rings. The SMILES string of the molecule is CCONC(=O)c1csc(CSc2nnc(-c3ccco3)n2-c2ccccc2Cl)n1. The molecule has 0 atom stereocenters. The van der Waals surface area contributed by atoms with E-state index in [2.05, 4.69) is 20.7 Å². The van der Waals surface area contributed by atoms with Crippen LogP contribution in [0.25, 0.3) is 17.3 Å². The molecule has 3 aromatic heterocycles. The molecule has 0 saturated heterocycles. The van der Waals surface area contributed by atoms with Crippen molar-refractivity contribution in [1.29, 1.82) is 0 Å². The number of hydrogen-bond donors (Lipinski definition) is 1. The molecule has 4 aromatic rings. The van der Waals surface area contributed by atoms with Crippen LogP contribution >= 0.6 is 34.7 Å². The molecule has 8 nitrogen and oxygen atoms in total. The minimum Gasteiger partial charge on any atom is -0.461 e. The van der Waals surface area contributed by atoms with Gasteiger partial charge < -0.3 is 4.42 Å². The van der Waals surface area contributed by atoms with Crippen LogP contribution in [0.4, 0.5) is 0 Å². The lowest BCUT2D eigenvalue weighted by Crippen LogP contribution is -2.23. The lowest BCUT2D eigenvalue weighted by atomic mass is 10.3. The van der Waals surface area contributed by atoms with Gasteiger partial charge in [-0.2, -0.15) is 0 Å². The summed E-state index contributed by atoms with van der Waals surface area (Å²) in [4.78, 5) is 21.2. The first-order valence-electron chi connectivity index (χ1n) is 8.91. The van der Waals surface area contributed by atoms with Crippen molar-refractivity contribution in [2.75, 3.05) is 6.61 Å². The smallest absolute Gasteiger partial charge is 0.294 e. The summed E-state index contributed by atoms with van der Waals surface area (Å²) in [5.41, 5.74) is 3.40. The van der Waals surface area contributed by atoms with Crippen LogP contribution in [0.15, 0.2) is 57.6 Å². The lowest BCUT2D eigenvalue weighted by molar-refractivity contribution is 0.0360. The zero-order valence-electron chi connectivity index (χ0n) is 15.7. The fourth-order valence-corrected chi connectivity index (χ4v) is 4.53. The molecular weight excluding hydrogens is 446 g/mol. The minimum atomic E-state index is -0.372. The molecule has 0 bridgehead atoms. The average molecular weight is 462 g/mol. The molecule has 0 radical (unpaired) electrons. The number of halogens is 1. The Bertz CT molecular complexity index is 1140. The standard InChI is InChI=1S/C19H16ClN5O3S2/c1-2-28-24-18(26)13-10-29-16(21-13)11-30-19-23-22-17(15-8-5-9-27-15)25(19)14-7-4-3-6-12(14)20/h3-10H,2,11H2,1H3,(H,24,26). The van der Waals surface area contributed by atoms with Crippen LogP contribution in [0.3, 0.4) is 0 Å². The summed E-state index contributed by atoms with van der Waals surface area (Å²) in [5, 5.41) is 12.3. The number of thioether (sulfide) groups is 1. The maximum atomic E-state index is 12.0. The van der Waals surface area contributed by atoms with Crippen molar-refractivity contribution in [2.24, 2.45) is 0 Å². The third kappa shape index (κ3) is 4.41. The molecule has 1 aromatic carbocycles. The van der Waals surface area contributed by atoms with Crippen LogP contribution in [0.1, 0.15) is 22.4 Å². The number of nitrogens with zero attached hydrogens (tertiary/aromatic N) is 4. The van der Waals surface area contributed by atoms with E-state index >= 15 is 0 Å². The van der Waals surface area contributed by atoms with E-state index in [1.807, 2.05) is 28.8 Å². The fourth-order valence-electron chi connectivity index (χ4n) is 2.58. The van der Waals surface area contributed by atoms with Gasteiger partial charge in [0.15, 0.2) is 10.9 Å². The maximum Gasteiger partial charge on any atom is 0.294 e. The molecule has 3 heterocycles. The van der Waals surface area contributed by atoms with Gasteiger partial charge >= 0.3 is 0 Å². The van der Waals surface area contributed by atoms with Crippen molar-refractivity contribution < 1.29 is 14.0 Å². The summed E-state index contributed by atoms with van der Waals surface area (Å²) < 4.78 is 7.37. The number of benzene rings is 1. The van der Waals surface area contributed by atoms with Gasteiger partial charge in [-0.05, 0) is 31.2 Å². The molecular formula is C19H16ClN5O3S2. The van der Waals surface area contributed by atoms with Crippen LogP contribution in [0.5, 0.6) is 0 Å². The first-order valence-corrected chi connectivity index (χ1v) is 11.1. The van der Waals surface area contributed by atoms with Crippen molar-refractivity contribution in [3.05, 3.63) is 63.8 Å².